The molecule has 1 rings (SSSR count). The van der Waals surface area contributed by atoms with Gasteiger partial charge in [0, 0.05) is 11.5 Å². The zero-order chi connectivity index (χ0) is 5.11. The first-order chi connectivity index (χ1) is 3.39. The lowest BCUT2D eigenvalue weighted by molar-refractivity contribution is 1.41. The van der Waals surface area contributed by atoms with Gasteiger partial charge >= 0.3 is 0 Å². The van der Waals surface area contributed by atoms with E-state index in [9.17, 15) is 0 Å². The number of hydrogen-bond donors (Lipinski definition) is 1. The Hall–Kier alpha value is 0.700. The van der Waals surface area contributed by atoms with Crippen molar-refractivity contribution in [1.82, 2.24) is 0 Å². The first-order valence-corrected chi connectivity index (χ1v) is 5.97. The number of rotatable bonds is 0. The van der Waals surface area contributed by atoms with Gasteiger partial charge in [-0.25, -0.2) is 0 Å². The van der Waals surface area contributed by atoms with Gasteiger partial charge in [0.1, 0.15) is 0 Å². The smallest absolute Gasteiger partial charge is 0.000698 e. The highest BCUT2D eigenvalue weighted by atomic mass is 32.2. The van der Waals surface area contributed by atoms with Gasteiger partial charge in [-0.1, -0.05) is 0 Å². The van der Waals surface area contributed by atoms with E-state index >= 15 is 0 Å². The summed E-state index contributed by atoms with van der Waals surface area (Å²) < 4.78 is 0. The largest absolute Gasteiger partial charge is 0.255 e. The van der Waals surface area contributed by atoms with E-state index in [1.165, 1.54) is 23.0 Å². The van der Waals surface area contributed by atoms with Gasteiger partial charge in [-0.15, -0.1) is 0 Å². The molecular weight excluding hydrogens is 124 g/mol. The van der Waals surface area contributed by atoms with E-state index in [2.05, 4.69) is 18.0 Å². The second-order valence-electron chi connectivity index (χ2n) is 1.92. The Bertz CT molecular complexity index is 48.0. The summed E-state index contributed by atoms with van der Waals surface area (Å²) in [6.45, 7) is 0. The van der Waals surface area contributed by atoms with Crippen LogP contribution in [-0.4, -0.2) is 29.3 Å². The van der Waals surface area contributed by atoms with Gasteiger partial charge in [-0.3, -0.25) is 10.9 Å². The summed E-state index contributed by atoms with van der Waals surface area (Å²) >= 11 is 2.11. The summed E-state index contributed by atoms with van der Waals surface area (Å²) in [7, 11) is 0.488. The summed E-state index contributed by atoms with van der Waals surface area (Å²) in [6.07, 6.45) is 2.41. The summed E-state index contributed by atoms with van der Waals surface area (Å²) in [5.74, 6) is 5.89. The van der Waals surface area contributed by atoms with Crippen LogP contribution in [0.1, 0.15) is 0 Å². The Morgan fingerprint density at radius 1 is 1.29 bits per heavy atom. The van der Waals surface area contributed by atoms with Crippen LogP contribution >= 0.6 is 22.7 Å². The molecule has 1 heterocycles. The van der Waals surface area contributed by atoms with Gasteiger partial charge in [0.15, 0.2) is 0 Å². The molecule has 0 radical (unpaired) electrons. The van der Waals surface area contributed by atoms with Crippen molar-refractivity contribution in [3.05, 3.63) is 0 Å². The molecule has 0 unspecified atom stereocenters. The Kier molecular flexibility index (Phi) is 2.40. The molecule has 0 N–H and O–H groups in total. The second-order valence-corrected chi connectivity index (χ2v) is 5.75. The summed E-state index contributed by atoms with van der Waals surface area (Å²) in [4.78, 5) is 0. The zero-order valence-corrected chi connectivity index (χ0v) is 6.39. The Morgan fingerprint density at radius 2 is 1.86 bits per heavy atom. The number of hydrogen-bond acceptors (Lipinski definition) is 1. The molecule has 0 aromatic carbocycles. The minimum Gasteiger partial charge on any atom is -0.255 e. The first-order valence-electron chi connectivity index (χ1n) is 2.66. The molecule has 0 saturated carbocycles. The number of thioether (sulfide) groups is 1. The standard InChI is InChI=1S/C5H12S2/c1-7-4-2-6-3-5-7/h7H,2-5H2,1H3. The van der Waals surface area contributed by atoms with E-state index in [1.54, 1.807) is 0 Å². The minimum atomic E-state index is 0.488. The number of thiol groups is 1. The van der Waals surface area contributed by atoms with Crippen molar-refractivity contribution in [2.75, 3.05) is 29.3 Å². The average Bonchev–Trinajstić information content (AvgIpc) is 1.69. The zero-order valence-electron chi connectivity index (χ0n) is 4.68. The molecule has 2 heteroatoms. The van der Waals surface area contributed by atoms with E-state index in [-0.39, 0.29) is 0 Å². The van der Waals surface area contributed by atoms with Crippen molar-refractivity contribution in [2.24, 2.45) is 0 Å². The molecular formula is C5H12S2. The fourth-order valence-corrected chi connectivity index (χ4v) is 4.61. The molecule has 1 fully saturated rings. The predicted octanol–water partition coefficient (Wildman–Crippen LogP) is 1.36. The predicted molar refractivity (Wildman–Crippen MR) is 42.0 cm³/mol. The fourth-order valence-electron chi connectivity index (χ4n) is 0.655. The molecule has 0 aliphatic carbocycles. The van der Waals surface area contributed by atoms with Gasteiger partial charge in [0.2, 0.25) is 0 Å². The van der Waals surface area contributed by atoms with Crippen LogP contribution in [0.4, 0.5) is 0 Å². The highest BCUT2D eigenvalue weighted by Gasteiger charge is 2.02. The molecule has 0 aromatic rings. The SMILES string of the molecule is C[SH]1CCSCC1. The van der Waals surface area contributed by atoms with Gasteiger partial charge in [0.05, 0.1) is 0 Å². The topological polar surface area (TPSA) is 0 Å². The summed E-state index contributed by atoms with van der Waals surface area (Å²) in [5, 5.41) is 0. The van der Waals surface area contributed by atoms with Crippen molar-refractivity contribution >= 4 is 22.7 Å². The van der Waals surface area contributed by atoms with Crippen LogP contribution in [0, 0.1) is 0 Å². The minimum absolute atomic E-state index is 0.488. The van der Waals surface area contributed by atoms with Crippen LogP contribution in [-0.2, 0) is 0 Å². The molecule has 7 heavy (non-hydrogen) atoms. The fraction of sp³-hybridized carbons (Fsp3) is 1.00. The third-order valence-corrected chi connectivity index (χ3v) is 4.80. The molecule has 1 aliphatic rings. The lowest BCUT2D eigenvalue weighted by atomic mass is 10.9. The molecule has 1 aliphatic heterocycles. The summed E-state index contributed by atoms with van der Waals surface area (Å²) in [5.41, 5.74) is 0. The maximum absolute atomic E-state index is 2.41. The molecule has 0 atom stereocenters. The average molecular weight is 136 g/mol. The van der Waals surface area contributed by atoms with Gasteiger partial charge in [-0.05, 0) is 17.8 Å². The normalized spacial score (nSPS) is 27.9. The van der Waals surface area contributed by atoms with Crippen molar-refractivity contribution in [3.8, 4) is 0 Å². The second kappa shape index (κ2) is 2.88. The highest BCUT2D eigenvalue weighted by Crippen LogP contribution is 2.27. The van der Waals surface area contributed by atoms with E-state index in [0.717, 1.165) is 0 Å². The van der Waals surface area contributed by atoms with E-state index < -0.39 is 0 Å². The van der Waals surface area contributed by atoms with Crippen LogP contribution in [0.3, 0.4) is 0 Å². The first kappa shape index (κ1) is 5.83. The van der Waals surface area contributed by atoms with E-state index in [0.29, 0.717) is 10.9 Å². The highest BCUT2D eigenvalue weighted by molar-refractivity contribution is 8.18. The van der Waals surface area contributed by atoms with Crippen molar-refractivity contribution in [2.45, 2.75) is 0 Å². The summed E-state index contributed by atoms with van der Waals surface area (Å²) in [6, 6.07) is 0. The van der Waals surface area contributed by atoms with Crippen LogP contribution in [0.5, 0.6) is 0 Å². The van der Waals surface area contributed by atoms with Gasteiger partial charge in [0.25, 0.3) is 0 Å². The van der Waals surface area contributed by atoms with Crippen molar-refractivity contribution < 1.29 is 0 Å². The molecule has 44 valence electrons. The molecule has 0 nitrogen and oxygen atoms in total. The maximum Gasteiger partial charge on any atom is 0.000698 e. The lowest BCUT2D eigenvalue weighted by Gasteiger charge is -2.19. The van der Waals surface area contributed by atoms with Gasteiger partial charge < -0.3 is 0 Å². The molecule has 0 bridgehead atoms. The van der Waals surface area contributed by atoms with Crippen LogP contribution in [0.2, 0.25) is 0 Å². The molecule has 0 spiro atoms. The molecule has 0 amide bonds. The quantitative estimate of drug-likeness (QED) is 0.491. The maximum atomic E-state index is 2.41. The Balaban J connectivity index is 2.12. The Morgan fingerprint density at radius 3 is 2.14 bits per heavy atom. The monoisotopic (exact) mass is 136 g/mol. The lowest BCUT2D eigenvalue weighted by Crippen LogP contribution is -2.04. The van der Waals surface area contributed by atoms with Crippen molar-refractivity contribution in [1.29, 1.82) is 0 Å². The van der Waals surface area contributed by atoms with Gasteiger partial charge in [-0.2, -0.15) is 11.8 Å². The van der Waals surface area contributed by atoms with Crippen LogP contribution < -0.4 is 0 Å². The third kappa shape index (κ3) is 1.96. The van der Waals surface area contributed by atoms with Crippen LogP contribution in [0.15, 0.2) is 0 Å². The van der Waals surface area contributed by atoms with E-state index in [1.807, 2.05) is 0 Å². The van der Waals surface area contributed by atoms with Crippen molar-refractivity contribution in [3.63, 3.8) is 0 Å². The van der Waals surface area contributed by atoms with E-state index in [4.69, 9.17) is 0 Å². The third-order valence-electron chi connectivity index (χ3n) is 1.23. The molecule has 1 saturated heterocycles. The molecule has 0 aromatic heterocycles. The van der Waals surface area contributed by atoms with Crippen LogP contribution in [0.25, 0.3) is 0 Å². The Labute approximate surface area is 52.4 Å².